The van der Waals surface area contributed by atoms with Gasteiger partial charge >= 0.3 is 0 Å². The molecular weight excluding hydrogens is 380 g/mol. The molecule has 21 heavy (non-hydrogen) atoms. The van der Waals surface area contributed by atoms with Gasteiger partial charge in [0.15, 0.2) is 4.67 Å². The summed E-state index contributed by atoms with van der Waals surface area (Å²) in [6, 6.07) is 6.83. The van der Waals surface area contributed by atoms with E-state index in [0.717, 1.165) is 0 Å². The molecule has 2 aromatic heterocycles. The first-order valence-electron chi connectivity index (χ1n) is 6.23. The van der Waals surface area contributed by atoms with E-state index in [4.69, 9.17) is 16.0 Å². The summed E-state index contributed by atoms with van der Waals surface area (Å²) >= 11 is 8.80. The Balaban J connectivity index is 2.33. The highest BCUT2D eigenvalue weighted by Gasteiger charge is 2.28. The van der Waals surface area contributed by atoms with E-state index < -0.39 is 10.0 Å². The highest BCUT2D eigenvalue weighted by Crippen LogP contribution is 2.30. The molecule has 0 fully saturated rings. The fraction of sp³-hybridized carbons (Fsp3) is 0.308. The van der Waals surface area contributed by atoms with Gasteiger partial charge in [-0.15, -0.1) is 11.6 Å². The van der Waals surface area contributed by atoms with Gasteiger partial charge in [-0.25, -0.2) is 8.42 Å². The van der Waals surface area contributed by atoms with Gasteiger partial charge in [0.1, 0.15) is 10.7 Å². The normalized spacial score (nSPS) is 12.0. The standard InChI is InChI=1S/C13H14BrClN2O3S/c1-2-17(9-10-5-3-4-6-16-10)21(18,19)12-7-11(8-15)20-13(12)14/h3-7H,2,8-9H2,1H3. The zero-order valence-corrected chi connectivity index (χ0v) is 14.4. The molecule has 0 spiro atoms. The molecule has 114 valence electrons. The van der Waals surface area contributed by atoms with E-state index in [1.165, 1.54) is 10.4 Å². The van der Waals surface area contributed by atoms with Crippen LogP contribution in [0.2, 0.25) is 0 Å². The van der Waals surface area contributed by atoms with Crippen LogP contribution in [0.4, 0.5) is 0 Å². The summed E-state index contributed by atoms with van der Waals surface area (Å²) < 4.78 is 32.1. The SMILES string of the molecule is CCN(Cc1ccccn1)S(=O)(=O)c1cc(CCl)oc1Br. The maximum Gasteiger partial charge on any atom is 0.247 e. The summed E-state index contributed by atoms with van der Waals surface area (Å²) in [6.07, 6.45) is 1.63. The van der Waals surface area contributed by atoms with E-state index in [0.29, 0.717) is 18.0 Å². The fourth-order valence-corrected chi connectivity index (χ4v) is 4.33. The zero-order chi connectivity index (χ0) is 15.5. The topological polar surface area (TPSA) is 63.4 Å². The number of pyridine rings is 1. The van der Waals surface area contributed by atoms with Crippen LogP contribution in [0.25, 0.3) is 0 Å². The number of alkyl halides is 1. The quantitative estimate of drug-likeness (QED) is 0.706. The molecule has 5 nitrogen and oxygen atoms in total. The number of nitrogens with zero attached hydrogens (tertiary/aromatic N) is 2. The van der Waals surface area contributed by atoms with Gasteiger partial charge < -0.3 is 4.42 Å². The molecule has 0 aliphatic rings. The van der Waals surface area contributed by atoms with E-state index in [1.54, 1.807) is 25.3 Å². The minimum absolute atomic E-state index is 0.0796. The predicted molar refractivity (Wildman–Crippen MR) is 83.5 cm³/mol. The molecule has 0 saturated heterocycles. The fourth-order valence-electron chi connectivity index (χ4n) is 1.82. The molecule has 2 heterocycles. The second-order valence-corrected chi connectivity index (χ2v) is 7.13. The Morgan fingerprint density at radius 3 is 2.71 bits per heavy atom. The van der Waals surface area contributed by atoms with Gasteiger partial charge in [-0.1, -0.05) is 13.0 Å². The lowest BCUT2D eigenvalue weighted by Gasteiger charge is -2.19. The third-order valence-corrected chi connectivity index (χ3v) is 5.91. The van der Waals surface area contributed by atoms with E-state index >= 15 is 0 Å². The van der Waals surface area contributed by atoms with Crippen molar-refractivity contribution in [1.82, 2.24) is 9.29 Å². The number of aromatic nitrogens is 1. The van der Waals surface area contributed by atoms with Crippen LogP contribution in [0.5, 0.6) is 0 Å². The maximum atomic E-state index is 12.7. The van der Waals surface area contributed by atoms with Crippen LogP contribution in [-0.2, 0) is 22.4 Å². The smallest absolute Gasteiger partial charge is 0.247 e. The molecule has 0 amide bonds. The van der Waals surface area contributed by atoms with Gasteiger partial charge in [0.05, 0.1) is 18.1 Å². The van der Waals surface area contributed by atoms with Crippen molar-refractivity contribution in [3.8, 4) is 0 Å². The number of hydrogen-bond acceptors (Lipinski definition) is 4. The van der Waals surface area contributed by atoms with Crippen molar-refractivity contribution in [2.45, 2.75) is 24.2 Å². The summed E-state index contributed by atoms with van der Waals surface area (Å²) in [5.74, 6) is 0.511. The molecule has 0 atom stereocenters. The minimum Gasteiger partial charge on any atom is -0.452 e. The average Bonchev–Trinajstić information content (AvgIpc) is 2.87. The van der Waals surface area contributed by atoms with Crippen LogP contribution in [0, 0.1) is 0 Å². The zero-order valence-electron chi connectivity index (χ0n) is 11.3. The molecule has 0 radical (unpaired) electrons. The minimum atomic E-state index is -3.68. The highest BCUT2D eigenvalue weighted by molar-refractivity contribution is 9.10. The van der Waals surface area contributed by atoms with Gasteiger partial charge in [-0.3, -0.25) is 4.98 Å². The Morgan fingerprint density at radius 1 is 1.43 bits per heavy atom. The molecule has 0 aromatic carbocycles. The van der Waals surface area contributed by atoms with Crippen LogP contribution in [0.15, 0.2) is 44.4 Å². The van der Waals surface area contributed by atoms with Crippen molar-refractivity contribution in [2.24, 2.45) is 0 Å². The van der Waals surface area contributed by atoms with Crippen LogP contribution in [0.3, 0.4) is 0 Å². The van der Waals surface area contributed by atoms with E-state index in [1.807, 2.05) is 6.07 Å². The first-order chi connectivity index (χ1) is 9.98. The Hall–Kier alpha value is -0.890. The van der Waals surface area contributed by atoms with Crippen molar-refractivity contribution in [2.75, 3.05) is 6.54 Å². The van der Waals surface area contributed by atoms with Gasteiger partial charge in [0.25, 0.3) is 0 Å². The molecule has 2 aromatic rings. The molecule has 0 aliphatic carbocycles. The third-order valence-electron chi connectivity index (χ3n) is 2.87. The maximum absolute atomic E-state index is 12.7. The van der Waals surface area contributed by atoms with E-state index in [9.17, 15) is 8.42 Å². The Bertz CT molecular complexity index is 703. The van der Waals surface area contributed by atoms with Crippen LogP contribution in [0.1, 0.15) is 18.4 Å². The molecule has 2 rings (SSSR count). The number of hydrogen-bond donors (Lipinski definition) is 0. The molecule has 0 saturated carbocycles. The Morgan fingerprint density at radius 2 is 2.19 bits per heavy atom. The first-order valence-corrected chi connectivity index (χ1v) is 9.00. The monoisotopic (exact) mass is 392 g/mol. The number of sulfonamides is 1. The molecular formula is C13H14BrClN2O3S. The van der Waals surface area contributed by atoms with Crippen LogP contribution < -0.4 is 0 Å². The van der Waals surface area contributed by atoms with Gasteiger partial charge in [0.2, 0.25) is 10.0 Å². The lowest BCUT2D eigenvalue weighted by atomic mass is 10.3. The predicted octanol–water partition coefficient (Wildman–Crippen LogP) is 3.39. The summed E-state index contributed by atoms with van der Waals surface area (Å²) in [5, 5.41) is 0. The van der Waals surface area contributed by atoms with Gasteiger partial charge in [0, 0.05) is 18.8 Å². The van der Waals surface area contributed by atoms with E-state index in [-0.39, 0.29) is 22.0 Å². The van der Waals surface area contributed by atoms with Crippen molar-refractivity contribution < 1.29 is 12.8 Å². The molecule has 0 unspecified atom stereocenters. The lowest BCUT2D eigenvalue weighted by molar-refractivity contribution is 0.416. The number of halogens is 2. The number of rotatable bonds is 6. The average molecular weight is 394 g/mol. The molecule has 0 N–H and O–H groups in total. The summed E-state index contributed by atoms with van der Waals surface area (Å²) in [5.41, 5.74) is 0.681. The largest absolute Gasteiger partial charge is 0.452 e. The van der Waals surface area contributed by atoms with Crippen molar-refractivity contribution >= 4 is 37.6 Å². The third kappa shape index (κ3) is 3.66. The summed E-state index contributed by atoms with van der Waals surface area (Å²) in [4.78, 5) is 4.23. The van der Waals surface area contributed by atoms with Crippen LogP contribution >= 0.6 is 27.5 Å². The lowest BCUT2D eigenvalue weighted by Crippen LogP contribution is -2.30. The molecule has 0 bridgehead atoms. The molecule has 0 aliphatic heterocycles. The Labute approximate surface area is 137 Å². The van der Waals surface area contributed by atoms with E-state index in [2.05, 4.69) is 20.9 Å². The van der Waals surface area contributed by atoms with Crippen molar-refractivity contribution in [3.63, 3.8) is 0 Å². The first kappa shape index (κ1) is 16.5. The Kier molecular flexibility index (Phi) is 5.43. The second-order valence-electron chi connectivity index (χ2n) is 4.24. The van der Waals surface area contributed by atoms with Crippen molar-refractivity contribution in [3.05, 3.63) is 46.6 Å². The molecule has 8 heteroatoms. The van der Waals surface area contributed by atoms with Gasteiger partial charge in [-0.05, 0) is 28.1 Å². The summed E-state index contributed by atoms with van der Waals surface area (Å²) in [6.45, 7) is 2.30. The van der Waals surface area contributed by atoms with Gasteiger partial charge in [-0.2, -0.15) is 4.31 Å². The summed E-state index contributed by atoms with van der Waals surface area (Å²) in [7, 11) is -3.68. The van der Waals surface area contributed by atoms with Crippen LogP contribution in [-0.4, -0.2) is 24.3 Å². The second kappa shape index (κ2) is 6.91. The number of furan rings is 1. The van der Waals surface area contributed by atoms with Crippen molar-refractivity contribution in [1.29, 1.82) is 0 Å². The highest BCUT2D eigenvalue weighted by atomic mass is 79.9.